The number of fused-ring (bicyclic) bond motifs is 1. The molecule has 3 aromatic rings. The van der Waals surface area contributed by atoms with Gasteiger partial charge in [0, 0.05) is 29.8 Å². The number of carbonyl (C=O) groups is 1. The number of benzene rings is 1. The fourth-order valence-electron chi connectivity index (χ4n) is 2.84. The molecule has 1 aromatic carbocycles. The molecular formula is C19H16N4O2. The van der Waals surface area contributed by atoms with Crippen molar-refractivity contribution in [1.29, 1.82) is 0 Å². The number of methoxy groups -OCH3 is 1. The lowest BCUT2D eigenvalue weighted by molar-refractivity contribution is -0.116. The van der Waals surface area contributed by atoms with Crippen LogP contribution >= 0.6 is 0 Å². The van der Waals surface area contributed by atoms with E-state index in [2.05, 4.69) is 20.5 Å². The third-order valence-electron chi connectivity index (χ3n) is 4.16. The zero-order valence-electron chi connectivity index (χ0n) is 13.6. The molecule has 0 aliphatic carbocycles. The lowest BCUT2D eigenvalue weighted by Crippen LogP contribution is -2.13. The van der Waals surface area contributed by atoms with Crippen molar-refractivity contribution in [3.05, 3.63) is 65.5 Å². The molecule has 4 rings (SSSR count). The molecule has 1 aliphatic heterocycles. The van der Waals surface area contributed by atoms with E-state index in [4.69, 9.17) is 4.74 Å². The van der Waals surface area contributed by atoms with Crippen molar-refractivity contribution in [1.82, 2.24) is 15.4 Å². The number of hydrazone groups is 1. The first-order valence-electron chi connectivity index (χ1n) is 7.88. The summed E-state index contributed by atoms with van der Waals surface area (Å²) < 4.78 is 5.17. The van der Waals surface area contributed by atoms with E-state index >= 15 is 0 Å². The Kier molecular flexibility index (Phi) is 3.78. The molecule has 2 aromatic heterocycles. The van der Waals surface area contributed by atoms with Gasteiger partial charge in [0.05, 0.1) is 18.4 Å². The van der Waals surface area contributed by atoms with Crippen LogP contribution < -0.4 is 10.2 Å². The van der Waals surface area contributed by atoms with Crippen LogP contribution in [0.25, 0.3) is 17.1 Å². The Bertz CT molecular complexity index is 1000. The first-order chi connectivity index (χ1) is 12.2. The van der Waals surface area contributed by atoms with Crippen molar-refractivity contribution in [2.45, 2.75) is 6.42 Å². The second kappa shape index (κ2) is 6.24. The van der Waals surface area contributed by atoms with E-state index in [1.807, 2.05) is 48.7 Å². The highest BCUT2D eigenvalue weighted by atomic mass is 16.5. The second-order valence-corrected chi connectivity index (χ2v) is 5.73. The molecule has 6 heteroatoms. The molecule has 2 N–H and O–H groups in total. The normalized spacial score (nSPS) is 15.5. The van der Waals surface area contributed by atoms with Crippen LogP contribution in [0.3, 0.4) is 0 Å². The molecule has 124 valence electrons. The number of carbonyl (C=O) groups excluding carboxylic acids is 1. The lowest BCUT2D eigenvalue weighted by atomic mass is 10.0. The summed E-state index contributed by atoms with van der Waals surface area (Å²) in [7, 11) is 1.63. The number of ether oxygens (including phenoxy) is 1. The minimum absolute atomic E-state index is 0.193. The number of rotatable bonds is 4. The lowest BCUT2D eigenvalue weighted by Gasteiger charge is -2.04. The van der Waals surface area contributed by atoms with Crippen LogP contribution in [0.5, 0.6) is 5.75 Å². The summed E-state index contributed by atoms with van der Waals surface area (Å²) in [6, 6.07) is 11.6. The van der Waals surface area contributed by atoms with Crippen molar-refractivity contribution in [2.24, 2.45) is 5.10 Å². The molecule has 0 atom stereocenters. The van der Waals surface area contributed by atoms with E-state index in [1.165, 1.54) is 0 Å². The van der Waals surface area contributed by atoms with Gasteiger partial charge in [0.15, 0.2) is 0 Å². The van der Waals surface area contributed by atoms with Crippen LogP contribution in [-0.4, -0.2) is 28.7 Å². The highest BCUT2D eigenvalue weighted by Crippen LogP contribution is 2.22. The summed E-state index contributed by atoms with van der Waals surface area (Å²) in [6.07, 6.45) is 6.00. The van der Waals surface area contributed by atoms with Crippen molar-refractivity contribution in [2.75, 3.05) is 7.11 Å². The minimum atomic E-state index is -0.193. The molecule has 0 saturated heterocycles. The smallest absolute Gasteiger partial charge is 0.273 e. The van der Waals surface area contributed by atoms with E-state index in [-0.39, 0.29) is 5.91 Å². The Morgan fingerprint density at radius 2 is 2.04 bits per heavy atom. The van der Waals surface area contributed by atoms with Gasteiger partial charge in [-0.15, -0.1) is 0 Å². The molecule has 1 aliphatic rings. The Hall–Kier alpha value is -3.41. The fourth-order valence-corrected chi connectivity index (χ4v) is 2.84. The number of aromatic amines is 1. The van der Waals surface area contributed by atoms with E-state index in [0.29, 0.717) is 17.7 Å². The number of hydrogen-bond donors (Lipinski definition) is 2. The first kappa shape index (κ1) is 15.1. The average molecular weight is 332 g/mol. The molecule has 1 amide bonds. The van der Waals surface area contributed by atoms with E-state index < -0.39 is 0 Å². The van der Waals surface area contributed by atoms with Crippen molar-refractivity contribution in [3.63, 3.8) is 0 Å². The standard InChI is InChI=1S/C19H16N4O2/c1-25-14-6-4-12(5-7-14)9-17-16(19(24)23-22-17)10-13-11-21-18-15(13)3-2-8-20-18/h2-8,10-11H,9H2,1H3,(H,20,21)(H,23,24). The van der Waals surface area contributed by atoms with Crippen LogP contribution in [-0.2, 0) is 11.2 Å². The number of pyridine rings is 1. The third-order valence-corrected chi connectivity index (χ3v) is 4.16. The number of amides is 1. The molecular weight excluding hydrogens is 316 g/mol. The first-order valence-corrected chi connectivity index (χ1v) is 7.88. The molecule has 0 fully saturated rings. The molecule has 0 spiro atoms. The Labute approximate surface area is 144 Å². The Balaban J connectivity index is 1.65. The Morgan fingerprint density at radius 1 is 1.20 bits per heavy atom. The number of nitrogens with one attached hydrogen (secondary N) is 2. The summed E-state index contributed by atoms with van der Waals surface area (Å²) in [5.41, 5.74) is 6.60. The molecule has 0 unspecified atom stereocenters. The predicted octanol–water partition coefficient (Wildman–Crippen LogP) is 2.68. The maximum atomic E-state index is 12.2. The summed E-state index contributed by atoms with van der Waals surface area (Å²) in [6.45, 7) is 0. The van der Waals surface area contributed by atoms with Crippen molar-refractivity contribution in [3.8, 4) is 5.75 Å². The molecule has 3 heterocycles. The molecule has 25 heavy (non-hydrogen) atoms. The minimum Gasteiger partial charge on any atom is -0.497 e. The van der Waals surface area contributed by atoms with Gasteiger partial charge >= 0.3 is 0 Å². The van der Waals surface area contributed by atoms with Crippen molar-refractivity contribution < 1.29 is 9.53 Å². The van der Waals surface area contributed by atoms with Crippen LogP contribution in [0.2, 0.25) is 0 Å². The summed E-state index contributed by atoms with van der Waals surface area (Å²) in [4.78, 5) is 19.6. The van der Waals surface area contributed by atoms with Gasteiger partial charge in [0.25, 0.3) is 5.91 Å². The number of hydrogen-bond acceptors (Lipinski definition) is 4. The topological polar surface area (TPSA) is 79.4 Å². The SMILES string of the molecule is COc1ccc(CC2=NNC(=O)C2=Cc2c[nH]c3ncccc23)cc1. The number of H-pyrrole nitrogens is 1. The predicted molar refractivity (Wildman–Crippen MR) is 96.3 cm³/mol. The summed E-state index contributed by atoms with van der Waals surface area (Å²) in [5.74, 6) is 0.607. The summed E-state index contributed by atoms with van der Waals surface area (Å²) in [5, 5.41) is 5.16. The van der Waals surface area contributed by atoms with Crippen LogP contribution in [0, 0.1) is 0 Å². The van der Waals surface area contributed by atoms with Gasteiger partial charge in [0.2, 0.25) is 0 Å². The third kappa shape index (κ3) is 2.89. The number of aromatic nitrogens is 2. The van der Waals surface area contributed by atoms with Gasteiger partial charge in [-0.3, -0.25) is 4.79 Å². The molecule has 0 radical (unpaired) electrons. The van der Waals surface area contributed by atoms with Gasteiger partial charge in [-0.05, 0) is 35.9 Å². The average Bonchev–Trinajstić information content (AvgIpc) is 3.21. The fraction of sp³-hybridized carbons (Fsp3) is 0.105. The second-order valence-electron chi connectivity index (χ2n) is 5.73. The van der Waals surface area contributed by atoms with Gasteiger partial charge in [-0.2, -0.15) is 5.10 Å². The largest absolute Gasteiger partial charge is 0.497 e. The quantitative estimate of drug-likeness (QED) is 0.721. The van der Waals surface area contributed by atoms with E-state index in [9.17, 15) is 4.79 Å². The van der Waals surface area contributed by atoms with Gasteiger partial charge in [-0.25, -0.2) is 10.4 Å². The maximum Gasteiger partial charge on any atom is 0.273 e. The van der Waals surface area contributed by atoms with Gasteiger partial charge in [-0.1, -0.05) is 12.1 Å². The highest BCUT2D eigenvalue weighted by Gasteiger charge is 2.23. The Morgan fingerprint density at radius 3 is 2.84 bits per heavy atom. The maximum absolute atomic E-state index is 12.2. The highest BCUT2D eigenvalue weighted by molar-refractivity contribution is 6.28. The van der Waals surface area contributed by atoms with E-state index in [1.54, 1.807) is 13.3 Å². The zero-order valence-corrected chi connectivity index (χ0v) is 13.6. The zero-order chi connectivity index (χ0) is 17.2. The van der Waals surface area contributed by atoms with Gasteiger partial charge < -0.3 is 9.72 Å². The number of nitrogens with zero attached hydrogens (tertiary/aromatic N) is 2. The van der Waals surface area contributed by atoms with Gasteiger partial charge in [0.1, 0.15) is 11.4 Å². The molecule has 0 bridgehead atoms. The summed E-state index contributed by atoms with van der Waals surface area (Å²) >= 11 is 0. The van der Waals surface area contributed by atoms with E-state index in [0.717, 1.165) is 27.9 Å². The molecule has 6 nitrogen and oxygen atoms in total. The van der Waals surface area contributed by atoms with Crippen LogP contribution in [0.1, 0.15) is 11.1 Å². The van der Waals surface area contributed by atoms with Crippen LogP contribution in [0.4, 0.5) is 0 Å². The monoisotopic (exact) mass is 332 g/mol. The van der Waals surface area contributed by atoms with Crippen molar-refractivity contribution >= 4 is 28.7 Å². The van der Waals surface area contributed by atoms with Crippen LogP contribution in [0.15, 0.2) is 59.5 Å². The molecule has 0 saturated carbocycles.